The summed E-state index contributed by atoms with van der Waals surface area (Å²) in [4.78, 5) is 23.6. The van der Waals surface area contributed by atoms with Crippen molar-refractivity contribution < 1.29 is 24.4 Å². The third-order valence-corrected chi connectivity index (χ3v) is 5.32. The summed E-state index contributed by atoms with van der Waals surface area (Å²) in [5, 5.41) is 22.9. The summed E-state index contributed by atoms with van der Waals surface area (Å²) in [5.74, 6) is -0.0324. The van der Waals surface area contributed by atoms with Crippen molar-refractivity contribution in [1.82, 2.24) is 5.32 Å². The highest BCUT2D eigenvalue weighted by Crippen LogP contribution is 2.39. The molecule has 0 bridgehead atoms. The molecule has 0 spiro atoms. The van der Waals surface area contributed by atoms with Gasteiger partial charge in [0.25, 0.3) is 0 Å². The third-order valence-electron chi connectivity index (χ3n) is 3.56. The van der Waals surface area contributed by atoms with Crippen molar-refractivity contribution in [2.45, 2.75) is 24.2 Å². The van der Waals surface area contributed by atoms with E-state index in [1.54, 1.807) is 6.07 Å². The van der Waals surface area contributed by atoms with Crippen LogP contribution in [0.15, 0.2) is 23.6 Å². The van der Waals surface area contributed by atoms with Gasteiger partial charge in [-0.2, -0.15) is 11.8 Å². The van der Waals surface area contributed by atoms with Crippen molar-refractivity contribution >= 4 is 48.1 Å². The van der Waals surface area contributed by atoms with Gasteiger partial charge < -0.3 is 20.1 Å². The minimum atomic E-state index is -1.23. The number of fused-ring (bicyclic) bond motifs is 1. The zero-order valence-corrected chi connectivity index (χ0v) is 15.7. The van der Waals surface area contributed by atoms with Gasteiger partial charge in [-0.3, -0.25) is 9.59 Å². The molecule has 0 radical (unpaired) electrons. The average Bonchev–Trinajstić information content (AvgIpc) is 2.53. The number of hydrogen-bond donors (Lipinski definition) is 3. The Hall–Kier alpha value is -1.58. The molecule has 9 heteroatoms. The number of aliphatic hydroxyl groups is 1. The first kappa shape index (κ1) is 19.7. The van der Waals surface area contributed by atoms with E-state index in [9.17, 15) is 19.7 Å². The maximum absolute atomic E-state index is 11.8. The first-order valence-corrected chi connectivity index (χ1v) is 10.0. The maximum atomic E-state index is 11.8. The Morgan fingerprint density at radius 3 is 2.76 bits per heavy atom. The van der Waals surface area contributed by atoms with Crippen LogP contribution in [0.5, 0.6) is 5.75 Å². The summed E-state index contributed by atoms with van der Waals surface area (Å²) in [7, 11) is -1.23. The van der Waals surface area contributed by atoms with Gasteiger partial charge >= 0.3 is 7.12 Å². The highest BCUT2D eigenvalue weighted by atomic mass is 32.2. The van der Waals surface area contributed by atoms with Crippen LogP contribution in [0.2, 0.25) is 0 Å². The first-order chi connectivity index (χ1) is 11.8. The Morgan fingerprint density at radius 1 is 1.44 bits per heavy atom. The Kier molecular flexibility index (Phi) is 6.86. The number of thioether (sulfide) groups is 2. The molecule has 1 aromatic carbocycles. The molecular weight excluding hydrogens is 361 g/mol. The predicted octanol–water partition coefficient (Wildman–Crippen LogP) is 1.70. The molecule has 1 amide bonds. The van der Waals surface area contributed by atoms with Crippen molar-refractivity contribution in [3.63, 3.8) is 0 Å². The molecule has 0 aromatic heterocycles. The molecule has 25 heavy (non-hydrogen) atoms. The van der Waals surface area contributed by atoms with Gasteiger partial charge in [0.1, 0.15) is 17.3 Å². The zero-order valence-electron chi connectivity index (χ0n) is 14.1. The minimum Gasteiger partial charge on any atom is -0.534 e. The molecule has 1 aliphatic heterocycles. The molecule has 1 heterocycles. The molecule has 0 saturated heterocycles. The third kappa shape index (κ3) is 4.96. The number of ketones is 1. The lowest BCUT2D eigenvalue weighted by Gasteiger charge is -2.30. The second-order valence-electron chi connectivity index (χ2n) is 5.68. The highest BCUT2D eigenvalue weighted by molar-refractivity contribution is 8.00. The van der Waals surface area contributed by atoms with E-state index >= 15 is 0 Å². The number of Topliss-reactive ketones (excluding diaryl/α,β-unsaturated/α-hetero) is 1. The fourth-order valence-electron chi connectivity index (χ4n) is 2.52. The highest BCUT2D eigenvalue weighted by Gasteiger charge is 2.37. The summed E-state index contributed by atoms with van der Waals surface area (Å²) in [6, 6.07) is 3.59. The SMILES string of the molecule is C=C(O)c1c(SCC(C)=O)ccc2c1OB(O)[C@@H](NC(=O)CSC)C2. The van der Waals surface area contributed by atoms with E-state index in [-0.39, 0.29) is 23.2 Å². The van der Waals surface area contributed by atoms with Crippen LogP contribution in [0, 0.1) is 0 Å². The van der Waals surface area contributed by atoms with Crippen LogP contribution in [0.3, 0.4) is 0 Å². The normalized spacial score (nSPS) is 16.0. The van der Waals surface area contributed by atoms with E-state index in [1.165, 1.54) is 30.4 Å². The van der Waals surface area contributed by atoms with Gasteiger partial charge in [0.2, 0.25) is 5.91 Å². The predicted molar refractivity (Wildman–Crippen MR) is 102 cm³/mol. The van der Waals surface area contributed by atoms with Crippen molar-refractivity contribution in [2.24, 2.45) is 0 Å². The summed E-state index contributed by atoms with van der Waals surface area (Å²) in [6.07, 6.45) is 2.19. The molecule has 2 rings (SSSR count). The van der Waals surface area contributed by atoms with Crippen molar-refractivity contribution in [2.75, 3.05) is 17.8 Å². The molecule has 0 saturated carbocycles. The second kappa shape index (κ2) is 8.69. The number of aliphatic hydroxyl groups excluding tert-OH is 1. The summed E-state index contributed by atoms with van der Waals surface area (Å²) in [5.41, 5.74) is 1.12. The number of carbonyl (C=O) groups is 2. The van der Waals surface area contributed by atoms with Gasteiger partial charge in [0.15, 0.2) is 0 Å². The quantitative estimate of drug-likeness (QED) is 0.376. The largest absolute Gasteiger partial charge is 0.547 e. The fraction of sp³-hybridized carbons (Fsp3) is 0.375. The minimum absolute atomic E-state index is 0.00902. The van der Waals surface area contributed by atoms with E-state index in [0.717, 1.165) is 5.56 Å². The standard InChI is InChI=1S/C16H20BNO5S2/c1-9(19)7-25-12-5-4-11-6-13(18-14(21)8-24-3)17(22)23-16(11)15(12)10(2)20/h4-5,13,20,22H,2,6-8H2,1,3H3,(H,18,21)/t13-/m0/s1. The van der Waals surface area contributed by atoms with Gasteiger partial charge in [0, 0.05) is 4.90 Å². The Bertz CT molecular complexity index is 697. The van der Waals surface area contributed by atoms with E-state index < -0.39 is 13.1 Å². The van der Waals surface area contributed by atoms with Crippen LogP contribution < -0.4 is 9.97 Å². The lowest BCUT2D eigenvalue weighted by molar-refractivity contribution is -0.119. The van der Waals surface area contributed by atoms with Crippen LogP contribution in [-0.2, 0) is 16.0 Å². The Labute approximate surface area is 155 Å². The molecule has 0 fully saturated rings. The average molecular weight is 381 g/mol. The van der Waals surface area contributed by atoms with Crippen molar-refractivity contribution in [3.8, 4) is 5.75 Å². The summed E-state index contributed by atoms with van der Waals surface area (Å²) < 4.78 is 5.58. The molecule has 1 aliphatic rings. The molecule has 0 unspecified atom stereocenters. The van der Waals surface area contributed by atoms with E-state index in [2.05, 4.69) is 11.9 Å². The number of hydrogen-bond acceptors (Lipinski definition) is 7. The molecule has 134 valence electrons. The van der Waals surface area contributed by atoms with Gasteiger partial charge in [-0.25, -0.2) is 0 Å². The second-order valence-corrected chi connectivity index (χ2v) is 7.57. The fourth-order valence-corrected chi connectivity index (χ4v) is 3.74. The van der Waals surface area contributed by atoms with Gasteiger partial charge in [-0.1, -0.05) is 12.6 Å². The summed E-state index contributed by atoms with van der Waals surface area (Å²) >= 11 is 2.66. The van der Waals surface area contributed by atoms with Gasteiger partial charge in [-0.05, 0) is 31.2 Å². The number of carbonyl (C=O) groups excluding carboxylic acids is 2. The number of benzene rings is 1. The van der Waals surface area contributed by atoms with Crippen LogP contribution in [0.4, 0.5) is 0 Å². The molecule has 3 N–H and O–H groups in total. The monoisotopic (exact) mass is 381 g/mol. The van der Waals surface area contributed by atoms with Gasteiger partial charge in [0.05, 0.1) is 23.0 Å². The lowest BCUT2D eigenvalue weighted by Crippen LogP contribution is -2.53. The number of amides is 1. The molecule has 1 aromatic rings. The zero-order chi connectivity index (χ0) is 18.6. The summed E-state index contributed by atoms with van der Waals surface area (Å²) in [6.45, 7) is 5.05. The maximum Gasteiger partial charge on any atom is 0.547 e. The lowest BCUT2D eigenvalue weighted by atomic mass is 9.72. The van der Waals surface area contributed by atoms with E-state index in [4.69, 9.17) is 4.65 Å². The number of nitrogens with one attached hydrogen (secondary N) is 1. The molecule has 1 atom stereocenters. The van der Waals surface area contributed by atoms with Crippen molar-refractivity contribution in [1.29, 1.82) is 0 Å². The molecular formula is C16H20BNO5S2. The van der Waals surface area contributed by atoms with E-state index in [0.29, 0.717) is 28.4 Å². The van der Waals surface area contributed by atoms with E-state index in [1.807, 2.05) is 12.3 Å². The first-order valence-electron chi connectivity index (χ1n) is 7.62. The van der Waals surface area contributed by atoms with Crippen LogP contribution >= 0.6 is 23.5 Å². The van der Waals surface area contributed by atoms with Crippen LogP contribution in [0.1, 0.15) is 18.1 Å². The van der Waals surface area contributed by atoms with Crippen LogP contribution in [-0.4, -0.2) is 52.6 Å². The molecule has 0 aliphatic carbocycles. The van der Waals surface area contributed by atoms with Crippen LogP contribution in [0.25, 0.3) is 5.76 Å². The smallest absolute Gasteiger partial charge is 0.534 e. The Balaban J connectivity index is 2.28. The number of rotatable bonds is 7. The Morgan fingerprint density at radius 2 is 2.16 bits per heavy atom. The van der Waals surface area contributed by atoms with Crippen molar-refractivity contribution in [3.05, 3.63) is 29.8 Å². The van der Waals surface area contributed by atoms with Gasteiger partial charge in [-0.15, -0.1) is 11.8 Å². The topological polar surface area (TPSA) is 95.9 Å². The molecule has 6 nitrogen and oxygen atoms in total.